The van der Waals surface area contributed by atoms with Crippen molar-refractivity contribution in [2.45, 2.75) is 13.5 Å². The number of nitrogens with zero attached hydrogens (tertiary/aromatic N) is 1. The van der Waals surface area contributed by atoms with E-state index in [9.17, 15) is 18.9 Å². The maximum Gasteiger partial charge on any atom is 0.273 e. The van der Waals surface area contributed by atoms with Crippen molar-refractivity contribution in [1.82, 2.24) is 0 Å². The minimum atomic E-state index is -0.909. The van der Waals surface area contributed by atoms with Crippen LogP contribution in [0, 0.1) is 28.7 Å². The van der Waals surface area contributed by atoms with Gasteiger partial charge in [0.2, 0.25) is 0 Å². The predicted octanol–water partition coefficient (Wildman–Crippen LogP) is 4.56. The van der Waals surface area contributed by atoms with Crippen molar-refractivity contribution in [3.8, 4) is 0 Å². The van der Waals surface area contributed by atoms with Gasteiger partial charge in [0.15, 0.2) is 11.6 Å². The number of nitro benzene ring substituents is 1. The van der Waals surface area contributed by atoms with Crippen LogP contribution in [-0.4, -0.2) is 4.92 Å². The second-order valence-corrected chi connectivity index (χ2v) is 5.33. The van der Waals surface area contributed by atoms with E-state index < -0.39 is 16.6 Å². The van der Waals surface area contributed by atoms with Gasteiger partial charge in [-0.2, -0.15) is 0 Å². The van der Waals surface area contributed by atoms with Gasteiger partial charge in [0.05, 0.1) is 4.92 Å². The van der Waals surface area contributed by atoms with Gasteiger partial charge >= 0.3 is 0 Å². The predicted molar refractivity (Wildman–Crippen MR) is 79.2 cm³/mol. The van der Waals surface area contributed by atoms with E-state index >= 15 is 0 Å². The van der Waals surface area contributed by atoms with Crippen LogP contribution in [0.15, 0.2) is 34.8 Å². The molecule has 0 aliphatic rings. The third kappa shape index (κ3) is 3.55. The van der Waals surface area contributed by atoms with E-state index in [-0.39, 0.29) is 12.2 Å². The fourth-order valence-electron chi connectivity index (χ4n) is 1.85. The zero-order chi connectivity index (χ0) is 15.6. The van der Waals surface area contributed by atoms with E-state index in [2.05, 4.69) is 21.2 Å². The van der Waals surface area contributed by atoms with Crippen LogP contribution in [0.2, 0.25) is 0 Å². The van der Waals surface area contributed by atoms with Gasteiger partial charge in [0, 0.05) is 28.3 Å². The molecule has 0 unspecified atom stereocenters. The molecule has 0 aliphatic heterocycles. The van der Waals surface area contributed by atoms with Gasteiger partial charge in [-0.05, 0) is 46.6 Å². The summed E-state index contributed by atoms with van der Waals surface area (Å²) in [6.07, 6.45) is 0. The fourth-order valence-corrected chi connectivity index (χ4v) is 2.32. The molecule has 21 heavy (non-hydrogen) atoms. The number of hydrogen-bond acceptors (Lipinski definition) is 3. The summed E-state index contributed by atoms with van der Waals surface area (Å²) in [5.74, 6) is -1.81. The highest BCUT2D eigenvalue weighted by atomic mass is 79.9. The van der Waals surface area contributed by atoms with E-state index in [0.717, 1.165) is 12.1 Å². The molecule has 0 amide bonds. The molecule has 1 N–H and O–H groups in total. The molecule has 0 spiro atoms. The molecule has 2 aromatic rings. The van der Waals surface area contributed by atoms with Gasteiger partial charge in [-0.1, -0.05) is 6.07 Å². The van der Waals surface area contributed by atoms with Crippen LogP contribution in [0.3, 0.4) is 0 Å². The Morgan fingerprint density at radius 3 is 2.57 bits per heavy atom. The molecule has 0 heterocycles. The van der Waals surface area contributed by atoms with Gasteiger partial charge in [-0.25, -0.2) is 8.78 Å². The summed E-state index contributed by atoms with van der Waals surface area (Å²) in [5.41, 5.74) is 1.73. The summed E-state index contributed by atoms with van der Waals surface area (Å²) in [6.45, 7) is 1.90. The van der Waals surface area contributed by atoms with Gasteiger partial charge < -0.3 is 5.32 Å². The van der Waals surface area contributed by atoms with Gasteiger partial charge in [0.1, 0.15) is 0 Å². The number of nitrogens with one attached hydrogen (secondary N) is 1. The van der Waals surface area contributed by atoms with Crippen LogP contribution in [0.4, 0.5) is 20.2 Å². The van der Waals surface area contributed by atoms with Crippen molar-refractivity contribution < 1.29 is 13.7 Å². The summed E-state index contributed by atoms with van der Waals surface area (Å²) < 4.78 is 26.5. The quantitative estimate of drug-likeness (QED) is 0.645. The summed E-state index contributed by atoms with van der Waals surface area (Å²) in [7, 11) is 0. The molecule has 2 rings (SSSR count). The standard InChI is InChI=1S/C14H11BrF2N2O2/c1-8-4-13(10(15)6-14(8)19(20)21)18-7-9-2-3-11(16)12(17)5-9/h2-6,18H,7H2,1H3. The third-order valence-corrected chi connectivity index (χ3v) is 3.61. The molecule has 0 fully saturated rings. The number of rotatable bonds is 4. The van der Waals surface area contributed by atoms with Crippen LogP contribution in [0.5, 0.6) is 0 Å². The zero-order valence-electron chi connectivity index (χ0n) is 11.0. The lowest BCUT2D eigenvalue weighted by molar-refractivity contribution is -0.385. The fraction of sp³-hybridized carbons (Fsp3) is 0.143. The van der Waals surface area contributed by atoms with Crippen molar-refractivity contribution in [3.05, 3.63) is 67.7 Å². The highest BCUT2D eigenvalue weighted by molar-refractivity contribution is 9.10. The van der Waals surface area contributed by atoms with Crippen LogP contribution >= 0.6 is 15.9 Å². The Bertz CT molecular complexity index is 708. The molecule has 0 atom stereocenters. The highest BCUT2D eigenvalue weighted by Crippen LogP contribution is 2.30. The molecule has 7 heteroatoms. The van der Waals surface area contributed by atoms with Crippen LogP contribution < -0.4 is 5.32 Å². The van der Waals surface area contributed by atoms with Crippen LogP contribution in [-0.2, 0) is 6.54 Å². The van der Waals surface area contributed by atoms with E-state index in [1.807, 2.05) is 0 Å². The number of halogens is 3. The van der Waals surface area contributed by atoms with Crippen molar-refractivity contribution in [2.24, 2.45) is 0 Å². The molecule has 4 nitrogen and oxygen atoms in total. The molecule has 0 radical (unpaired) electrons. The number of anilines is 1. The molecular formula is C14H11BrF2N2O2. The molecule has 0 aliphatic carbocycles. The smallest absolute Gasteiger partial charge is 0.273 e. The summed E-state index contributed by atoms with van der Waals surface area (Å²) in [6, 6.07) is 6.67. The zero-order valence-corrected chi connectivity index (χ0v) is 12.6. The molecule has 2 aromatic carbocycles. The van der Waals surface area contributed by atoms with Gasteiger partial charge in [-0.15, -0.1) is 0 Å². The van der Waals surface area contributed by atoms with E-state index in [4.69, 9.17) is 0 Å². The monoisotopic (exact) mass is 356 g/mol. The Morgan fingerprint density at radius 2 is 1.95 bits per heavy atom. The first-order valence-corrected chi connectivity index (χ1v) is 6.80. The average Bonchev–Trinajstić information content (AvgIpc) is 2.42. The molecular weight excluding hydrogens is 346 g/mol. The minimum absolute atomic E-state index is 0.0141. The first-order valence-electron chi connectivity index (χ1n) is 6.01. The normalized spacial score (nSPS) is 10.5. The maximum absolute atomic E-state index is 13.1. The number of nitro groups is 1. The topological polar surface area (TPSA) is 55.2 Å². The Balaban J connectivity index is 2.18. The minimum Gasteiger partial charge on any atom is -0.380 e. The summed E-state index contributed by atoms with van der Waals surface area (Å²) >= 11 is 3.25. The average molecular weight is 357 g/mol. The Kier molecular flexibility index (Phi) is 4.52. The Hall–Kier alpha value is -2.02. The van der Waals surface area contributed by atoms with Crippen LogP contribution in [0.25, 0.3) is 0 Å². The lowest BCUT2D eigenvalue weighted by Gasteiger charge is -2.10. The highest BCUT2D eigenvalue weighted by Gasteiger charge is 2.14. The Morgan fingerprint density at radius 1 is 1.24 bits per heavy atom. The number of aryl methyl sites for hydroxylation is 1. The van der Waals surface area contributed by atoms with Crippen LogP contribution in [0.1, 0.15) is 11.1 Å². The molecule has 0 aromatic heterocycles. The molecule has 0 saturated carbocycles. The lowest BCUT2D eigenvalue weighted by atomic mass is 10.1. The third-order valence-electron chi connectivity index (χ3n) is 2.95. The maximum atomic E-state index is 13.1. The van der Waals surface area contributed by atoms with E-state index in [1.165, 1.54) is 12.1 Å². The molecule has 0 bridgehead atoms. The van der Waals surface area contributed by atoms with Crippen molar-refractivity contribution in [3.63, 3.8) is 0 Å². The summed E-state index contributed by atoms with van der Waals surface area (Å²) in [4.78, 5) is 10.4. The van der Waals surface area contributed by atoms with Crippen molar-refractivity contribution in [2.75, 3.05) is 5.32 Å². The lowest BCUT2D eigenvalue weighted by Crippen LogP contribution is -2.02. The van der Waals surface area contributed by atoms with E-state index in [0.29, 0.717) is 21.3 Å². The van der Waals surface area contributed by atoms with Crippen molar-refractivity contribution in [1.29, 1.82) is 0 Å². The SMILES string of the molecule is Cc1cc(NCc2ccc(F)c(F)c2)c(Br)cc1[N+](=O)[O-]. The first-order chi connectivity index (χ1) is 9.88. The van der Waals surface area contributed by atoms with E-state index in [1.54, 1.807) is 13.0 Å². The summed E-state index contributed by atoms with van der Waals surface area (Å²) in [5, 5.41) is 13.8. The second-order valence-electron chi connectivity index (χ2n) is 4.48. The van der Waals surface area contributed by atoms with Gasteiger partial charge in [-0.3, -0.25) is 10.1 Å². The Labute approximate surface area is 128 Å². The van der Waals surface area contributed by atoms with Gasteiger partial charge in [0.25, 0.3) is 5.69 Å². The second kappa shape index (κ2) is 6.17. The molecule has 0 saturated heterocycles. The largest absolute Gasteiger partial charge is 0.380 e. The number of benzene rings is 2. The molecule has 110 valence electrons. The first kappa shape index (κ1) is 15.4. The number of hydrogen-bond donors (Lipinski definition) is 1. The van der Waals surface area contributed by atoms with Crippen molar-refractivity contribution >= 4 is 27.3 Å².